The van der Waals surface area contributed by atoms with Crippen molar-refractivity contribution in [1.82, 2.24) is 25.9 Å². The molecular formula is C23H25N5O5S. The second-order valence-corrected chi connectivity index (χ2v) is 8.66. The van der Waals surface area contributed by atoms with E-state index in [4.69, 9.17) is 9.26 Å². The molecule has 0 unspecified atom stereocenters. The molecule has 34 heavy (non-hydrogen) atoms. The minimum atomic E-state index is -0.734. The number of ether oxygens (including phenoxy) is 1. The number of thiazole rings is 1. The van der Waals surface area contributed by atoms with Crippen LogP contribution in [0.5, 0.6) is 0 Å². The van der Waals surface area contributed by atoms with Crippen LogP contribution in [-0.2, 0) is 4.74 Å². The molecule has 0 spiro atoms. The number of carbonyl (C=O) groups is 3. The Hall–Kier alpha value is -3.73. The van der Waals surface area contributed by atoms with Crippen molar-refractivity contribution in [1.29, 1.82) is 0 Å². The highest BCUT2D eigenvalue weighted by atomic mass is 32.1. The van der Waals surface area contributed by atoms with Gasteiger partial charge >= 0.3 is 6.09 Å². The Morgan fingerprint density at radius 1 is 1.18 bits per heavy atom. The first-order valence-corrected chi connectivity index (χ1v) is 11.8. The number of nitrogens with zero attached hydrogens (tertiary/aromatic N) is 3. The first kappa shape index (κ1) is 23.4. The zero-order chi connectivity index (χ0) is 24.1. The summed E-state index contributed by atoms with van der Waals surface area (Å²) in [5.41, 5.74) is 6.55. The van der Waals surface area contributed by atoms with Gasteiger partial charge in [0.2, 0.25) is 0 Å². The largest absolute Gasteiger partial charge is 0.449 e. The fourth-order valence-corrected chi connectivity index (χ4v) is 4.79. The number of aromatic nitrogens is 2. The molecule has 1 aliphatic rings. The van der Waals surface area contributed by atoms with E-state index in [1.165, 1.54) is 11.3 Å². The SMILES string of the molecule is CCOC(=O)NNC(=O)c1csc(C2CCN(C(=O)c3c(-c4ccccc4)noc3C)CC2)n1. The van der Waals surface area contributed by atoms with Gasteiger partial charge < -0.3 is 14.2 Å². The molecule has 3 aromatic rings. The van der Waals surface area contributed by atoms with Crippen LogP contribution in [0.1, 0.15) is 57.3 Å². The van der Waals surface area contributed by atoms with Crippen molar-refractivity contribution < 1.29 is 23.6 Å². The number of rotatable bonds is 5. The zero-order valence-electron chi connectivity index (χ0n) is 18.9. The molecule has 0 bridgehead atoms. The lowest BCUT2D eigenvalue weighted by molar-refractivity contribution is 0.0711. The number of hydrogen-bond acceptors (Lipinski definition) is 8. The van der Waals surface area contributed by atoms with E-state index < -0.39 is 12.0 Å². The number of hydrazine groups is 1. The van der Waals surface area contributed by atoms with Gasteiger partial charge in [-0.15, -0.1) is 11.3 Å². The summed E-state index contributed by atoms with van der Waals surface area (Å²) < 4.78 is 10.0. The molecule has 2 aromatic heterocycles. The number of aryl methyl sites for hydroxylation is 1. The molecule has 3 heterocycles. The summed E-state index contributed by atoms with van der Waals surface area (Å²) in [7, 11) is 0. The van der Waals surface area contributed by atoms with E-state index >= 15 is 0 Å². The van der Waals surface area contributed by atoms with Gasteiger partial charge in [0.15, 0.2) is 0 Å². The molecule has 0 atom stereocenters. The number of carbonyl (C=O) groups excluding carboxylic acids is 3. The van der Waals surface area contributed by atoms with Crippen molar-refractivity contribution >= 4 is 29.2 Å². The van der Waals surface area contributed by atoms with E-state index in [1.807, 2.05) is 35.2 Å². The molecule has 1 saturated heterocycles. The van der Waals surface area contributed by atoms with Crippen LogP contribution in [0.4, 0.5) is 4.79 Å². The van der Waals surface area contributed by atoms with Crippen LogP contribution in [0.25, 0.3) is 11.3 Å². The number of likely N-dealkylation sites (tertiary alicyclic amines) is 1. The summed E-state index contributed by atoms with van der Waals surface area (Å²) in [4.78, 5) is 43.1. The standard InChI is InChI=1S/C23H25N5O5S/c1-3-32-23(31)26-25-20(29)17-13-34-21(24-17)16-9-11-28(12-10-16)22(30)18-14(2)33-27-19(18)15-7-5-4-6-8-15/h4-8,13,16H,3,9-12H2,1-2H3,(H,25,29)(H,26,31). The summed E-state index contributed by atoms with van der Waals surface area (Å²) in [5.74, 6) is 0.0311. The predicted molar refractivity (Wildman–Crippen MR) is 124 cm³/mol. The third kappa shape index (κ3) is 5.09. The maximum absolute atomic E-state index is 13.3. The van der Waals surface area contributed by atoms with Crippen LogP contribution in [0.2, 0.25) is 0 Å². The van der Waals surface area contributed by atoms with E-state index in [2.05, 4.69) is 21.0 Å². The highest BCUT2D eigenvalue weighted by Crippen LogP contribution is 2.32. The van der Waals surface area contributed by atoms with Crippen LogP contribution in [-0.4, -0.2) is 52.6 Å². The molecule has 178 valence electrons. The zero-order valence-corrected chi connectivity index (χ0v) is 19.7. The number of piperidine rings is 1. The van der Waals surface area contributed by atoms with Crippen LogP contribution in [0, 0.1) is 6.92 Å². The number of nitrogens with one attached hydrogen (secondary N) is 2. The number of amides is 3. The van der Waals surface area contributed by atoms with Gasteiger partial charge in [-0.1, -0.05) is 35.5 Å². The molecule has 4 rings (SSSR count). The fraction of sp³-hybridized carbons (Fsp3) is 0.348. The summed E-state index contributed by atoms with van der Waals surface area (Å²) in [6, 6.07) is 9.51. The van der Waals surface area contributed by atoms with Crippen molar-refractivity contribution in [3.05, 3.63) is 57.7 Å². The van der Waals surface area contributed by atoms with Crippen LogP contribution >= 0.6 is 11.3 Å². The Labute approximate surface area is 200 Å². The molecule has 10 nitrogen and oxygen atoms in total. The van der Waals surface area contributed by atoms with Gasteiger partial charge in [-0.25, -0.2) is 15.2 Å². The third-order valence-corrected chi connectivity index (χ3v) is 6.57. The quantitative estimate of drug-likeness (QED) is 0.532. The lowest BCUT2D eigenvalue weighted by Gasteiger charge is -2.31. The molecule has 11 heteroatoms. The van der Waals surface area contributed by atoms with Gasteiger partial charge in [0, 0.05) is 30.0 Å². The van der Waals surface area contributed by atoms with E-state index in [1.54, 1.807) is 19.2 Å². The highest BCUT2D eigenvalue weighted by molar-refractivity contribution is 7.09. The first-order valence-electron chi connectivity index (χ1n) is 11.0. The van der Waals surface area contributed by atoms with Gasteiger partial charge in [0.05, 0.1) is 11.6 Å². The summed E-state index contributed by atoms with van der Waals surface area (Å²) >= 11 is 1.39. The Morgan fingerprint density at radius 2 is 1.91 bits per heavy atom. The van der Waals surface area contributed by atoms with E-state index in [-0.39, 0.29) is 24.1 Å². The summed E-state index contributed by atoms with van der Waals surface area (Å²) in [6.45, 7) is 4.75. The monoisotopic (exact) mass is 483 g/mol. The van der Waals surface area contributed by atoms with Gasteiger partial charge in [0.1, 0.15) is 22.7 Å². The molecular weight excluding hydrogens is 458 g/mol. The summed E-state index contributed by atoms with van der Waals surface area (Å²) in [6.07, 6.45) is 0.723. The van der Waals surface area contributed by atoms with Crippen LogP contribution in [0.3, 0.4) is 0 Å². The van der Waals surface area contributed by atoms with Gasteiger partial charge in [-0.05, 0) is 26.7 Å². The third-order valence-electron chi connectivity index (χ3n) is 5.56. The van der Waals surface area contributed by atoms with Crippen LogP contribution < -0.4 is 10.9 Å². The molecule has 1 aliphatic heterocycles. The van der Waals surface area contributed by atoms with E-state index in [0.717, 1.165) is 23.4 Å². The van der Waals surface area contributed by atoms with Crippen molar-refractivity contribution in [2.45, 2.75) is 32.6 Å². The van der Waals surface area contributed by atoms with Gasteiger partial charge in [-0.2, -0.15) is 0 Å². The normalized spacial score (nSPS) is 14.0. The Balaban J connectivity index is 1.37. The smallest absolute Gasteiger partial charge is 0.426 e. The lowest BCUT2D eigenvalue weighted by Crippen LogP contribution is -2.42. The van der Waals surface area contributed by atoms with Crippen molar-refractivity contribution in [3.8, 4) is 11.3 Å². The minimum Gasteiger partial charge on any atom is -0.449 e. The number of benzene rings is 1. The second kappa shape index (κ2) is 10.5. The molecule has 0 saturated carbocycles. The second-order valence-electron chi connectivity index (χ2n) is 7.77. The average Bonchev–Trinajstić information content (AvgIpc) is 3.50. The molecule has 0 aliphatic carbocycles. The van der Waals surface area contributed by atoms with Gasteiger partial charge in [0.25, 0.3) is 11.8 Å². The summed E-state index contributed by atoms with van der Waals surface area (Å²) in [5, 5.41) is 6.60. The Morgan fingerprint density at radius 3 is 2.62 bits per heavy atom. The van der Waals surface area contributed by atoms with Crippen molar-refractivity contribution in [2.24, 2.45) is 0 Å². The molecule has 1 aromatic carbocycles. The van der Waals surface area contributed by atoms with E-state index in [0.29, 0.717) is 30.1 Å². The Kier molecular flexibility index (Phi) is 7.21. The van der Waals surface area contributed by atoms with Crippen molar-refractivity contribution in [2.75, 3.05) is 19.7 Å². The predicted octanol–water partition coefficient (Wildman–Crippen LogP) is 3.52. The average molecular weight is 484 g/mol. The lowest BCUT2D eigenvalue weighted by atomic mass is 9.96. The molecule has 0 radical (unpaired) electrons. The topological polar surface area (TPSA) is 127 Å². The fourth-order valence-electron chi connectivity index (χ4n) is 3.82. The minimum absolute atomic E-state index is 0.0969. The van der Waals surface area contributed by atoms with E-state index in [9.17, 15) is 14.4 Å². The molecule has 1 fully saturated rings. The maximum atomic E-state index is 13.3. The number of hydrogen-bond donors (Lipinski definition) is 2. The maximum Gasteiger partial charge on any atom is 0.426 e. The van der Waals surface area contributed by atoms with Gasteiger partial charge in [-0.3, -0.25) is 15.0 Å². The molecule has 3 amide bonds. The molecule has 2 N–H and O–H groups in total. The van der Waals surface area contributed by atoms with Crippen LogP contribution in [0.15, 0.2) is 40.2 Å². The highest BCUT2D eigenvalue weighted by Gasteiger charge is 2.30. The van der Waals surface area contributed by atoms with Crippen molar-refractivity contribution in [3.63, 3.8) is 0 Å². The first-order chi connectivity index (χ1) is 16.5. The Bertz CT molecular complexity index is 1170.